The van der Waals surface area contributed by atoms with Crippen LogP contribution in [0.15, 0.2) is 42.7 Å². The van der Waals surface area contributed by atoms with Crippen molar-refractivity contribution in [2.45, 2.75) is 6.42 Å². The zero-order chi connectivity index (χ0) is 11.7. The van der Waals surface area contributed by atoms with Crippen LogP contribution in [0.2, 0.25) is 0 Å². The fraction of sp³-hybridized carbons (Fsp3) is 0.0769. The number of aromatic amines is 1. The lowest BCUT2D eigenvalue weighted by atomic mass is 10.2. The van der Waals surface area contributed by atoms with Crippen molar-refractivity contribution >= 4 is 16.7 Å². The van der Waals surface area contributed by atoms with Crippen LogP contribution in [0.5, 0.6) is 0 Å². The van der Waals surface area contributed by atoms with Gasteiger partial charge in [0.05, 0.1) is 11.0 Å². The molecule has 1 aromatic carbocycles. The Morgan fingerprint density at radius 1 is 1.24 bits per heavy atom. The first-order chi connectivity index (χ1) is 8.31. The first kappa shape index (κ1) is 9.84. The fourth-order valence-electron chi connectivity index (χ4n) is 1.86. The summed E-state index contributed by atoms with van der Waals surface area (Å²) in [6, 6.07) is 9.64. The Morgan fingerprint density at radius 3 is 3.00 bits per heavy atom. The number of hydrogen-bond donors (Lipinski definition) is 2. The molecule has 0 saturated carbocycles. The number of pyridine rings is 1. The van der Waals surface area contributed by atoms with Gasteiger partial charge in [-0.1, -0.05) is 6.07 Å². The molecule has 2 heterocycles. The molecule has 3 rings (SSSR count). The molecule has 0 fully saturated rings. The van der Waals surface area contributed by atoms with Crippen molar-refractivity contribution < 1.29 is 0 Å². The van der Waals surface area contributed by atoms with Gasteiger partial charge in [0.25, 0.3) is 0 Å². The van der Waals surface area contributed by atoms with E-state index in [1.165, 1.54) is 0 Å². The van der Waals surface area contributed by atoms with E-state index in [1.807, 2.05) is 36.5 Å². The van der Waals surface area contributed by atoms with Gasteiger partial charge in [0, 0.05) is 24.5 Å². The molecule has 4 nitrogen and oxygen atoms in total. The predicted octanol–water partition coefficient (Wildman–Crippen LogP) is 2.13. The molecule has 0 radical (unpaired) electrons. The number of nitrogens with two attached hydrogens (primary N) is 1. The molecule has 4 heteroatoms. The van der Waals surface area contributed by atoms with Crippen molar-refractivity contribution in [3.8, 4) is 0 Å². The summed E-state index contributed by atoms with van der Waals surface area (Å²) in [5.41, 5.74) is 9.53. The lowest BCUT2D eigenvalue weighted by molar-refractivity contribution is 1.02. The van der Waals surface area contributed by atoms with E-state index >= 15 is 0 Å². The third kappa shape index (κ3) is 1.97. The monoisotopic (exact) mass is 224 g/mol. The Labute approximate surface area is 98.5 Å². The lowest BCUT2D eigenvalue weighted by Crippen LogP contribution is -1.90. The zero-order valence-electron chi connectivity index (χ0n) is 9.22. The van der Waals surface area contributed by atoms with Crippen LogP contribution in [-0.2, 0) is 6.42 Å². The Morgan fingerprint density at radius 2 is 2.18 bits per heavy atom. The molecule has 0 atom stereocenters. The van der Waals surface area contributed by atoms with Crippen LogP contribution < -0.4 is 5.73 Å². The van der Waals surface area contributed by atoms with Crippen LogP contribution in [0.25, 0.3) is 11.0 Å². The van der Waals surface area contributed by atoms with Crippen LogP contribution in [0.3, 0.4) is 0 Å². The van der Waals surface area contributed by atoms with Gasteiger partial charge in [0.15, 0.2) is 0 Å². The highest BCUT2D eigenvalue weighted by Crippen LogP contribution is 2.16. The Bertz CT molecular complexity index is 643. The van der Waals surface area contributed by atoms with Gasteiger partial charge in [0.1, 0.15) is 5.82 Å². The molecule has 17 heavy (non-hydrogen) atoms. The Kier molecular flexibility index (Phi) is 2.26. The van der Waals surface area contributed by atoms with Crippen LogP contribution in [-0.4, -0.2) is 15.0 Å². The van der Waals surface area contributed by atoms with E-state index in [-0.39, 0.29) is 0 Å². The molecular formula is C13H12N4. The highest BCUT2D eigenvalue weighted by molar-refractivity contribution is 5.78. The highest BCUT2D eigenvalue weighted by Gasteiger charge is 2.03. The average molecular weight is 224 g/mol. The van der Waals surface area contributed by atoms with E-state index < -0.39 is 0 Å². The standard InChI is InChI=1S/C13H12N4/c14-10-3-4-11-12(7-10)17-13(16-11)6-9-2-1-5-15-8-9/h1-5,7-8H,6,14H2,(H,16,17). The second-order valence-electron chi connectivity index (χ2n) is 4.00. The average Bonchev–Trinajstić information content (AvgIpc) is 2.71. The minimum atomic E-state index is 0.745. The first-order valence-electron chi connectivity index (χ1n) is 5.44. The quantitative estimate of drug-likeness (QED) is 0.655. The molecule has 3 N–H and O–H groups in total. The highest BCUT2D eigenvalue weighted by atomic mass is 14.9. The summed E-state index contributed by atoms with van der Waals surface area (Å²) >= 11 is 0. The summed E-state index contributed by atoms with van der Waals surface area (Å²) in [6.45, 7) is 0. The van der Waals surface area contributed by atoms with Crippen molar-refractivity contribution in [2.24, 2.45) is 0 Å². The third-order valence-electron chi connectivity index (χ3n) is 2.65. The largest absolute Gasteiger partial charge is 0.399 e. The van der Waals surface area contributed by atoms with Crippen molar-refractivity contribution in [2.75, 3.05) is 5.73 Å². The second kappa shape index (κ2) is 3.90. The molecule has 0 spiro atoms. The van der Waals surface area contributed by atoms with E-state index in [1.54, 1.807) is 6.20 Å². The maximum Gasteiger partial charge on any atom is 0.111 e. The van der Waals surface area contributed by atoms with Crippen molar-refractivity contribution in [1.82, 2.24) is 15.0 Å². The van der Waals surface area contributed by atoms with Gasteiger partial charge < -0.3 is 10.7 Å². The molecule has 0 bridgehead atoms. The first-order valence-corrected chi connectivity index (χ1v) is 5.44. The van der Waals surface area contributed by atoms with Gasteiger partial charge in [-0.15, -0.1) is 0 Å². The molecule has 0 aliphatic heterocycles. The van der Waals surface area contributed by atoms with E-state index in [0.717, 1.165) is 34.5 Å². The molecule has 3 aromatic rings. The summed E-state index contributed by atoms with van der Waals surface area (Å²) in [6.07, 6.45) is 4.37. The minimum Gasteiger partial charge on any atom is -0.399 e. The summed E-state index contributed by atoms with van der Waals surface area (Å²) in [5, 5.41) is 0. The van der Waals surface area contributed by atoms with E-state index in [9.17, 15) is 0 Å². The molecule has 2 aromatic heterocycles. The number of imidazole rings is 1. The normalized spacial score (nSPS) is 10.8. The Balaban J connectivity index is 1.96. The number of nitrogens with one attached hydrogen (secondary N) is 1. The SMILES string of the molecule is Nc1ccc2nc(Cc3cccnc3)[nH]c2c1. The van der Waals surface area contributed by atoms with E-state index in [2.05, 4.69) is 15.0 Å². The van der Waals surface area contributed by atoms with Gasteiger partial charge in [-0.2, -0.15) is 0 Å². The molecular weight excluding hydrogens is 212 g/mol. The van der Waals surface area contributed by atoms with Gasteiger partial charge in [0.2, 0.25) is 0 Å². The summed E-state index contributed by atoms with van der Waals surface area (Å²) in [4.78, 5) is 11.9. The topological polar surface area (TPSA) is 67.6 Å². The number of benzene rings is 1. The fourth-order valence-corrected chi connectivity index (χ4v) is 1.86. The molecule has 84 valence electrons. The predicted molar refractivity (Wildman–Crippen MR) is 67.5 cm³/mol. The van der Waals surface area contributed by atoms with Gasteiger partial charge >= 0.3 is 0 Å². The van der Waals surface area contributed by atoms with Gasteiger partial charge in [-0.3, -0.25) is 4.98 Å². The summed E-state index contributed by atoms with van der Waals surface area (Å²) in [5.74, 6) is 0.929. The number of anilines is 1. The lowest BCUT2D eigenvalue weighted by Gasteiger charge is -1.95. The zero-order valence-corrected chi connectivity index (χ0v) is 9.22. The number of nitrogens with zero attached hydrogens (tertiary/aromatic N) is 2. The molecule has 0 aliphatic carbocycles. The van der Waals surface area contributed by atoms with Crippen molar-refractivity contribution in [3.63, 3.8) is 0 Å². The number of rotatable bonds is 2. The Hall–Kier alpha value is -2.36. The number of hydrogen-bond acceptors (Lipinski definition) is 3. The van der Waals surface area contributed by atoms with Crippen LogP contribution >= 0.6 is 0 Å². The van der Waals surface area contributed by atoms with Crippen LogP contribution in [0.4, 0.5) is 5.69 Å². The number of nitrogen functional groups attached to an aromatic ring is 1. The van der Waals surface area contributed by atoms with Crippen LogP contribution in [0.1, 0.15) is 11.4 Å². The van der Waals surface area contributed by atoms with Crippen molar-refractivity contribution in [3.05, 3.63) is 54.1 Å². The summed E-state index contributed by atoms with van der Waals surface area (Å²) in [7, 11) is 0. The second-order valence-corrected chi connectivity index (χ2v) is 4.00. The van der Waals surface area contributed by atoms with E-state index in [4.69, 9.17) is 5.73 Å². The number of aromatic nitrogens is 3. The van der Waals surface area contributed by atoms with E-state index in [0.29, 0.717) is 0 Å². The number of H-pyrrole nitrogens is 1. The third-order valence-corrected chi connectivity index (χ3v) is 2.65. The molecule has 0 aliphatic rings. The maximum absolute atomic E-state index is 5.73. The minimum absolute atomic E-state index is 0.745. The maximum atomic E-state index is 5.73. The van der Waals surface area contributed by atoms with Crippen LogP contribution in [0, 0.1) is 0 Å². The smallest absolute Gasteiger partial charge is 0.111 e. The molecule has 0 saturated heterocycles. The van der Waals surface area contributed by atoms with Gasteiger partial charge in [-0.05, 0) is 29.8 Å². The van der Waals surface area contributed by atoms with Crippen molar-refractivity contribution in [1.29, 1.82) is 0 Å². The molecule has 0 amide bonds. The molecule has 0 unspecified atom stereocenters. The summed E-state index contributed by atoms with van der Waals surface area (Å²) < 4.78 is 0. The van der Waals surface area contributed by atoms with Gasteiger partial charge in [-0.25, -0.2) is 4.98 Å². The number of fused-ring (bicyclic) bond motifs is 1.